The van der Waals surface area contributed by atoms with Gasteiger partial charge in [-0.15, -0.1) is 0 Å². The summed E-state index contributed by atoms with van der Waals surface area (Å²) < 4.78 is 5.13. The van der Waals surface area contributed by atoms with Gasteiger partial charge in [0.05, 0.1) is 23.5 Å². The van der Waals surface area contributed by atoms with Crippen molar-refractivity contribution < 1.29 is 9.84 Å². The zero-order chi connectivity index (χ0) is 14.5. The molecule has 4 nitrogen and oxygen atoms in total. The Morgan fingerprint density at radius 2 is 2.00 bits per heavy atom. The molecule has 0 aromatic heterocycles. The van der Waals surface area contributed by atoms with E-state index in [0.29, 0.717) is 27.7 Å². The number of phenolic OH excluding ortho intramolecular Hbond substituents is 1. The number of hydrogen-bond donors (Lipinski definition) is 2. The number of halogens is 1. The van der Waals surface area contributed by atoms with Crippen LogP contribution in [-0.4, -0.2) is 17.9 Å². The maximum Gasteiger partial charge on any atom is 0.124 e. The lowest BCUT2D eigenvalue weighted by Gasteiger charge is -2.08. The molecule has 0 radical (unpaired) electrons. The summed E-state index contributed by atoms with van der Waals surface area (Å²) >= 11 is 6.03. The van der Waals surface area contributed by atoms with E-state index >= 15 is 0 Å². The highest BCUT2D eigenvalue weighted by Gasteiger charge is 2.07. The summed E-state index contributed by atoms with van der Waals surface area (Å²) in [7, 11) is 1.57. The van der Waals surface area contributed by atoms with Gasteiger partial charge >= 0.3 is 0 Å². The van der Waals surface area contributed by atoms with Crippen molar-refractivity contribution in [3.05, 3.63) is 53.1 Å². The van der Waals surface area contributed by atoms with E-state index in [1.807, 2.05) is 18.2 Å². The van der Waals surface area contributed by atoms with Gasteiger partial charge in [-0.3, -0.25) is 5.43 Å². The topological polar surface area (TPSA) is 53.9 Å². The number of nitrogens with one attached hydrogen (secondary N) is 1. The van der Waals surface area contributed by atoms with Crippen LogP contribution in [0.5, 0.6) is 11.5 Å². The Morgan fingerprint density at radius 1 is 1.25 bits per heavy atom. The number of nitrogens with zero attached hydrogens (tertiary/aromatic N) is 1. The zero-order valence-corrected chi connectivity index (χ0v) is 12.0. The van der Waals surface area contributed by atoms with Crippen LogP contribution in [-0.2, 0) is 0 Å². The van der Waals surface area contributed by atoms with Gasteiger partial charge in [-0.25, -0.2) is 0 Å². The minimum atomic E-state index is 0.146. The molecule has 0 aliphatic rings. The van der Waals surface area contributed by atoms with E-state index in [-0.39, 0.29) is 5.75 Å². The van der Waals surface area contributed by atoms with Crippen molar-refractivity contribution in [3.63, 3.8) is 0 Å². The van der Waals surface area contributed by atoms with E-state index < -0.39 is 0 Å². The first-order chi connectivity index (χ1) is 9.61. The quantitative estimate of drug-likeness (QED) is 0.663. The van der Waals surface area contributed by atoms with Gasteiger partial charge in [0.2, 0.25) is 0 Å². The van der Waals surface area contributed by atoms with Gasteiger partial charge in [0.15, 0.2) is 0 Å². The molecule has 5 heteroatoms. The highest BCUT2D eigenvalue weighted by Crippen LogP contribution is 2.24. The number of aromatic hydroxyl groups is 1. The SMILES string of the molecule is COc1ccc(O)c(/C(C)=N/Nc2ccccc2Cl)c1. The molecule has 0 spiro atoms. The van der Waals surface area contributed by atoms with Gasteiger partial charge in [0, 0.05) is 5.56 Å². The molecule has 0 heterocycles. The predicted molar refractivity (Wildman–Crippen MR) is 81.9 cm³/mol. The fourth-order valence-corrected chi connectivity index (χ4v) is 1.87. The molecule has 2 aromatic rings. The van der Waals surface area contributed by atoms with Gasteiger partial charge < -0.3 is 9.84 Å². The maximum atomic E-state index is 9.86. The minimum absolute atomic E-state index is 0.146. The van der Waals surface area contributed by atoms with Crippen LogP contribution in [0.4, 0.5) is 5.69 Å². The lowest BCUT2D eigenvalue weighted by Crippen LogP contribution is -2.01. The van der Waals surface area contributed by atoms with Crippen LogP contribution in [0.1, 0.15) is 12.5 Å². The van der Waals surface area contributed by atoms with Crippen molar-refractivity contribution in [1.82, 2.24) is 0 Å². The molecular formula is C15H15ClN2O2. The number of rotatable bonds is 4. The molecule has 0 saturated carbocycles. The standard InChI is InChI=1S/C15H15ClN2O2/c1-10(12-9-11(20-2)7-8-15(12)19)17-18-14-6-4-3-5-13(14)16/h3-9,18-19H,1-2H3/b17-10+. The van der Waals surface area contributed by atoms with Gasteiger partial charge in [-0.2, -0.15) is 5.10 Å². The van der Waals surface area contributed by atoms with Crippen LogP contribution in [0.25, 0.3) is 0 Å². The van der Waals surface area contributed by atoms with Gasteiger partial charge in [0.25, 0.3) is 0 Å². The van der Waals surface area contributed by atoms with Crippen molar-refractivity contribution in [3.8, 4) is 11.5 Å². The van der Waals surface area contributed by atoms with Crippen molar-refractivity contribution >= 4 is 23.0 Å². The van der Waals surface area contributed by atoms with E-state index in [1.165, 1.54) is 0 Å². The molecule has 0 aliphatic heterocycles. The van der Waals surface area contributed by atoms with E-state index in [0.717, 1.165) is 0 Å². The summed E-state index contributed by atoms with van der Waals surface area (Å²) in [5.41, 5.74) is 4.81. The van der Waals surface area contributed by atoms with E-state index in [4.69, 9.17) is 16.3 Å². The monoisotopic (exact) mass is 290 g/mol. The molecule has 0 fully saturated rings. The van der Waals surface area contributed by atoms with Crippen molar-refractivity contribution in [2.45, 2.75) is 6.92 Å². The number of ether oxygens (including phenoxy) is 1. The number of methoxy groups -OCH3 is 1. The van der Waals surface area contributed by atoms with Crippen LogP contribution in [0.2, 0.25) is 5.02 Å². The van der Waals surface area contributed by atoms with E-state index in [2.05, 4.69) is 10.5 Å². The number of benzene rings is 2. The Labute approximate surface area is 122 Å². The fraction of sp³-hybridized carbons (Fsp3) is 0.133. The van der Waals surface area contributed by atoms with Crippen molar-refractivity contribution in [2.75, 3.05) is 12.5 Å². The van der Waals surface area contributed by atoms with Gasteiger partial charge in [0.1, 0.15) is 11.5 Å². The Balaban J connectivity index is 2.25. The number of hydrogen-bond acceptors (Lipinski definition) is 4. The molecule has 20 heavy (non-hydrogen) atoms. The third kappa shape index (κ3) is 3.22. The summed E-state index contributed by atoms with van der Waals surface area (Å²) in [5.74, 6) is 0.804. The molecule has 0 saturated heterocycles. The number of anilines is 1. The largest absolute Gasteiger partial charge is 0.507 e. The van der Waals surface area contributed by atoms with Crippen molar-refractivity contribution in [2.24, 2.45) is 5.10 Å². The molecule has 2 N–H and O–H groups in total. The van der Waals surface area contributed by atoms with Crippen LogP contribution in [0.15, 0.2) is 47.6 Å². The molecule has 2 rings (SSSR count). The summed E-state index contributed by atoms with van der Waals surface area (Å²) in [4.78, 5) is 0. The third-order valence-corrected chi connectivity index (χ3v) is 3.14. The highest BCUT2D eigenvalue weighted by atomic mass is 35.5. The predicted octanol–water partition coefficient (Wildman–Crippen LogP) is 3.89. The third-order valence-electron chi connectivity index (χ3n) is 2.81. The van der Waals surface area contributed by atoms with Crippen LogP contribution in [0, 0.1) is 0 Å². The van der Waals surface area contributed by atoms with Crippen LogP contribution >= 0.6 is 11.6 Å². The Kier molecular flexibility index (Phi) is 4.48. The van der Waals surface area contributed by atoms with Crippen molar-refractivity contribution in [1.29, 1.82) is 0 Å². The second-order valence-electron chi connectivity index (χ2n) is 4.17. The molecule has 2 aromatic carbocycles. The first kappa shape index (κ1) is 14.2. The zero-order valence-electron chi connectivity index (χ0n) is 11.2. The highest BCUT2D eigenvalue weighted by molar-refractivity contribution is 6.33. The second kappa shape index (κ2) is 6.30. The van der Waals surface area contributed by atoms with E-state index in [1.54, 1.807) is 38.3 Å². The summed E-state index contributed by atoms with van der Waals surface area (Å²) in [6.45, 7) is 1.79. The maximum absolute atomic E-state index is 9.86. The number of hydrazone groups is 1. The lowest BCUT2D eigenvalue weighted by atomic mass is 10.1. The van der Waals surface area contributed by atoms with Gasteiger partial charge in [-0.1, -0.05) is 23.7 Å². The smallest absolute Gasteiger partial charge is 0.124 e. The van der Waals surface area contributed by atoms with E-state index in [9.17, 15) is 5.11 Å². The van der Waals surface area contributed by atoms with Crippen LogP contribution < -0.4 is 10.2 Å². The minimum Gasteiger partial charge on any atom is -0.507 e. The molecule has 0 unspecified atom stereocenters. The van der Waals surface area contributed by atoms with Crippen LogP contribution in [0.3, 0.4) is 0 Å². The fourth-order valence-electron chi connectivity index (χ4n) is 1.69. The Bertz CT molecular complexity index is 642. The first-order valence-electron chi connectivity index (χ1n) is 6.04. The number of phenols is 1. The van der Waals surface area contributed by atoms with Gasteiger partial charge in [-0.05, 0) is 37.3 Å². The molecule has 0 amide bonds. The average Bonchev–Trinajstić information content (AvgIpc) is 2.46. The molecule has 104 valence electrons. The number of para-hydroxylation sites is 1. The Hall–Kier alpha value is -2.20. The first-order valence-corrected chi connectivity index (χ1v) is 6.42. The summed E-state index contributed by atoms with van der Waals surface area (Å²) in [6.07, 6.45) is 0. The second-order valence-corrected chi connectivity index (χ2v) is 4.58. The molecular weight excluding hydrogens is 276 g/mol. The average molecular weight is 291 g/mol. The molecule has 0 bridgehead atoms. The molecule has 0 atom stereocenters. The summed E-state index contributed by atoms with van der Waals surface area (Å²) in [6, 6.07) is 12.3. The normalized spacial score (nSPS) is 11.2. The Morgan fingerprint density at radius 3 is 2.70 bits per heavy atom. The summed E-state index contributed by atoms with van der Waals surface area (Å²) in [5, 5.41) is 14.7. The molecule has 0 aliphatic carbocycles. The lowest BCUT2D eigenvalue weighted by molar-refractivity contribution is 0.412.